The second-order valence-corrected chi connectivity index (χ2v) is 7.15. The summed E-state index contributed by atoms with van der Waals surface area (Å²) in [6, 6.07) is 0. The number of rotatable bonds is 3. The van der Waals surface area contributed by atoms with E-state index in [0.29, 0.717) is 22.7 Å². The minimum atomic E-state index is -0.0292. The van der Waals surface area contributed by atoms with Crippen LogP contribution in [0.15, 0.2) is 0 Å². The molecule has 0 spiro atoms. The highest BCUT2D eigenvalue weighted by Gasteiger charge is 2.32. The average molecular weight is 292 g/mol. The van der Waals surface area contributed by atoms with Crippen molar-refractivity contribution in [1.82, 2.24) is 15.1 Å². The van der Waals surface area contributed by atoms with Crippen molar-refractivity contribution in [2.45, 2.75) is 53.4 Å². The van der Waals surface area contributed by atoms with Gasteiger partial charge in [-0.05, 0) is 30.6 Å². The van der Waals surface area contributed by atoms with Gasteiger partial charge in [0.15, 0.2) is 5.69 Å². The van der Waals surface area contributed by atoms with E-state index >= 15 is 0 Å². The molecule has 0 atom stereocenters. The van der Waals surface area contributed by atoms with Crippen molar-refractivity contribution >= 4 is 11.6 Å². The number of nitrogens with two attached hydrogens (primary N) is 1. The van der Waals surface area contributed by atoms with E-state index in [4.69, 9.17) is 5.73 Å². The van der Waals surface area contributed by atoms with Gasteiger partial charge < -0.3 is 10.6 Å². The molecule has 0 aromatic carbocycles. The first-order chi connectivity index (χ1) is 9.84. The molecule has 0 saturated carbocycles. The van der Waals surface area contributed by atoms with Crippen LogP contribution >= 0.6 is 0 Å². The number of piperidine rings is 1. The second-order valence-electron chi connectivity index (χ2n) is 7.15. The van der Waals surface area contributed by atoms with Crippen LogP contribution in [0.3, 0.4) is 0 Å². The van der Waals surface area contributed by atoms with E-state index in [2.05, 4.69) is 37.9 Å². The smallest absolute Gasteiger partial charge is 0.276 e. The Morgan fingerprint density at radius 1 is 1.38 bits per heavy atom. The number of hydrogen-bond acceptors (Lipinski definition) is 3. The van der Waals surface area contributed by atoms with Crippen molar-refractivity contribution in [3.8, 4) is 0 Å². The molecule has 5 nitrogen and oxygen atoms in total. The fraction of sp³-hybridized carbons (Fsp3) is 0.750. The maximum Gasteiger partial charge on any atom is 0.276 e. The monoisotopic (exact) mass is 292 g/mol. The Labute approximate surface area is 127 Å². The minimum Gasteiger partial charge on any atom is -0.395 e. The highest BCUT2D eigenvalue weighted by Crippen LogP contribution is 2.34. The highest BCUT2D eigenvalue weighted by atomic mass is 16.2. The number of aryl methyl sites for hydroxylation is 1. The lowest BCUT2D eigenvalue weighted by Gasteiger charge is -2.38. The molecular formula is C16H28N4O. The van der Waals surface area contributed by atoms with Crippen LogP contribution < -0.4 is 5.73 Å². The molecule has 2 rings (SSSR count). The molecule has 1 amide bonds. The van der Waals surface area contributed by atoms with Crippen LogP contribution in [0.4, 0.5) is 5.69 Å². The Kier molecular flexibility index (Phi) is 4.59. The van der Waals surface area contributed by atoms with Gasteiger partial charge in [-0.2, -0.15) is 5.10 Å². The molecule has 5 heteroatoms. The third kappa shape index (κ3) is 3.39. The van der Waals surface area contributed by atoms with Crippen molar-refractivity contribution < 1.29 is 4.79 Å². The third-order valence-corrected chi connectivity index (χ3v) is 4.59. The van der Waals surface area contributed by atoms with Crippen LogP contribution in [0, 0.1) is 11.3 Å². The molecule has 1 saturated heterocycles. The molecule has 1 aliphatic heterocycles. The summed E-state index contributed by atoms with van der Waals surface area (Å²) in [5.74, 6) is 0.646. The molecule has 118 valence electrons. The lowest BCUT2D eigenvalue weighted by atomic mass is 9.75. The number of hydrogen-bond donors (Lipinski definition) is 2. The van der Waals surface area contributed by atoms with Crippen molar-refractivity contribution in [3.63, 3.8) is 0 Å². The lowest BCUT2D eigenvalue weighted by Crippen LogP contribution is -2.41. The molecule has 0 radical (unpaired) electrons. The van der Waals surface area contributed by atoms with Crippen LogP contribution in [0.5, 0.6) is 0 Å². The van der Waals surface area contributed by atoms with Gasteiger partial charge in [0.2, 0.25) is 0 Å². The molecule has 0 aliphatic carbocycles. The van der Waals surface area contributed by atoms with E-state index in [1.165, 1.54) is 0 Å². The fourth-order valence-electron chi connectivity index (χ4n) is 3.09. The zero-order chi connectivity index (χ0) is 15.6. The Hall–Kier alpha value is -1.52. The molecule has 3 N–H and O–H groups in total. The van der Waals surface area contributed by atoms with Crippen molar-refractivity contribution in [2.24, 2.45) is 11.3 Å². The largest absolute Gasteiger partial charge is 0.395 e. The number of nitrogens with one attached hydrogen (secondary N) is 1. The number of likely N-dealkylation sites (tertiary alicyclic amines) is 1. The Morgan fingerprint density at radius 3 is 2.52 bits per heavy atom. The molecule has 1 aromatic rings. The quantitative estimate of drug-likeness (QED) is 0.899. The molecule has 21 heavy (non-hydrogen) atoms. The number of nitrogen functional groups attached to an aromatic ring is 1. The van der Waals surface area contributed by atoms with Gasteiger partial charge in [-0.15, -0.1) is 0 Å². The first kappa shape index (κ1) is 15.9. The highest BCUT2D eigenvalue weighted by molar-refractivity contribution is 5.97. The van der Waals surface area contributed by atoms with E-state index < -0.39 is 0 Å². The standard InChI is InChI=1S/C16H28N4O/c1-5-6-12-13(17)14(19-18-12)15(21)20-9-7-11(8-10-20)16(2,3)4/h11H,5-10,17H2,1-4H3,(H,18,19). The number of nitrogens with zero attached hydrogens (tertiary/aromatic N) is 2. The molecule has 1 aliphatic rings. The van der Waals surface area contributed by atoms with Crippen molar-refractivity contribution in [1.29, 1.82) is 0 Å². The Balaban J connectivity index is 2.02. The summed E-state index contributed by atoms with van der Waals surface area (Å²) in [5.41, 5.74) is 8.17. The number of aromatic nitrogens is 2. The average Bonchev–Trinajstić information content (AvgIpc) is 2.79. The van der Waals surface area contributed by atoms with Gasteiger partial charge in [-0.1, -0.05) is 34.1 Å². The van der Waals surface area contributed by atoms with E-state index in [0.717, 1.165) is 44.5 Å². The molecule has 1 fully saturated rings. The third-order valence-electron chi connectivity index (χ3n) is 4.59. The fourth-order valence-corrected chi connectivity index (χ4v) is 3.09. The minimum absolute atomic E-state index is 0.0292. The Bertz CT molecular complexity index is 493. The summed E-state index contributed by atoms with van der Waals surface area (Å²) < 4.78 is 0. The molecule has 0 bridgehead atoms. The first-order valence-corrected chi connectivity index (χ1v) is 7.96. The second kappa shape index (κ2) is 6.08. The number of anilines is 1. The van der Waals surface area contributed by atoms with E-state index in [1.807, 2.05) is 4.90 Å². The number of carbonyl (C=O) groups excluding carboxylic acids is 1. The number of H-pyrrole nitrogens is 1. The predicted octanol–water partition coefficient (Wildman–Crippen LogP) is 2.84. The molecule has 1 aromatic heterocycles. The van der Waals surface area contributed by atoms with Gasteiger partial charge in [0.25, 0.3) is 5.91 Å². The van der Waals surface area contributed by atoms with Gasteiger partial charge in [0.05, 0.1) is 11.4 Å². The van der Waals surface area contributed by atoms with Crippen LogP contribution in [0.1, 0.15) is 63.1 Å². The van der Waals surface area contributed by atoms with Gasteiger partial charge in [0, 0.05) is 13.1 Å². The van der Waals surface area contributed by atoms with Gasteiger partial charge in [-0.25, -0.2) is 0 Å². The maximum absolute atomic E-state index is 12.6. The van der Waals surface area contributed by atoms with E-state index in [-0.39, 0.29) is 5.91 Å². The van der Waals surface area contributed by atoms with Crippen LogP contribution in [0.2, 0.25) is 0 Å². The summed E-state index contributed by atoms with van der Waals surface area (Å²) in [7, 11) is 0. The number of amides is 1. The van der Waals surface area contributed by atoms with Crippen LogP contribution in [-0.4, -0.2) is 34.1 Å². The zero-order valence-corrected chi connectivity index (χ0v) is 13.7. The lowest BCUT2D eigenvalue weighted by molar-refractivity contribution is 0.0604. The van der Waals surface area contributed by atoms with Crippen molar-refractivity contribution in [3.05, 3.63) is 11.4 Å². The normalized spacial score (nSPS) is 17.2. The van der Waals surface area contributed by atoms with E-state index in [1.54, 1.807) is 0 Å². The topological polar surface area (TPSA) is 75.0 Å². The summed E-state index contributed by atoms with van der Waals surface area (Å²) in [4.78, 5) is 14.5. The summed E-state index contributed by atoms with van der Waals surface area (Å²) >= 11 is 0. The first-order valence-electron chi connectivity index (χ1n) is 7.96. The number of carbonyl (C=O) groups is 1. The Morgan fingerprint density at radius 2 is 2.00 bits per heavy atom. The number of aromatic amines is 1. The zero-order valence-electron chi connectivity index (χ0n) is 13.7. The van der Waals surface area contributed by atoms with Crippen LogP contribution in [-0.2, 0) is 6.42 Å². The maximum atomic E-state index is 12.6. The predicted molar refractivity (Wildman–Crippen MR) is 85.1 cm³/mol. The van der Waals surface area contributed by atoms with Crippen molar-refractivity contribution in [2.75, 3.05) is 18.8 Å². The van der Waals surface area contributed by atoms with Gasteiger partial charge >= 0.3 is 0 Å². The summed E-state index contributed by atoms with van der Waals surface area (Å²) in [6.07, 6.45) is 3.93. The molecular weight excluding hydrogens is 264 g/mol. The van der Waals surface area contributed by atoms with Gasteiger partial charge in [0.1, 0.15) is 0 Å². The molecule has 2 heterocycles. The summed E-state index contributed by atoms with van der Waals surface area (Å²) in [6.45, 7) is 10.5. The van der Waals surface area contributed by atoms with E-state index in [9.17, 15) is 4.79 Å². The van der Waals surface area contributed by atoms with Gasteiger partial charge in [-0.3, -0.25) is 9.89 Å². The SMILES string of the molecule is CCCc1[nH]nc(C(=O)N2CCC(C(C)(C)C)CC2)c1N. The molecule has 0 unspecified atom stereocenters. The summed E-state index contributed by atoms with van der Waals surface area (Å²) in [5, 5.41) is 7.04. The van der Waals surface area contributed by atoms with Crippen LogP contribution in [0.25, 0.3) is 0 Å².